The molecule has 2 aliphatic rings. The molecule has 2 heterocycles. The topological polar surface area (TPSA) is 53.0 Å². The molecule has 4 rings (SSSR count). The van der Waals surface area contributed by atoms with E-state index in [2.05, 4.69) is 23.2 Å². The third-order valence-corrected chi connectivity index (χ3v) is 6.07. The number of rotatable bonds is 4. The van der Waals surface area contributed by atoms with Crippen molar-refractivity contribution in [2.24, 2.45) is 4.99 Å². The summed E-state index contributed by atoms with van der Waals surface area (Å²) in [6.45, 7) is 3.48. The van der Waals surface area contributed by atoms with Gasteiger partial charge in [-0.1, -0.05) is 65.9 Å². The van der Waals surface area contributed by atoms with E-state index in [-0.39, 0.29) is 24.1 Å². The van der Waals surface area contributed by atoms with E-state index in [9.17, 15) is 9.59 Å². The van der Waals surface area contributed by atoms with Gasteiger partial charge in [0.05, 0.1) is 11.4 Å². The number of thioether (sulfide) groups is 1. The Morgan fingerprint density at radius 2 is 1.86 bits per heavy atom. The average molecular weight is 406 g/mol. The van der Waals surface area contributed by atoms with Crippen LogP contribution in [-0.4, -0.2) is 47.3 Å². The molecule has 0 radical (unpaired) electrons. The molecule has 0 unspecified atom stereocenters. The molecule has 0 spiro atoms. The van der Waals surface area contributed by atoms with E-state index in [1.54, 1.807) is 4.90 Å². The van der Waals surface area contributed by atoms with Crippen LogP contribution in [0.15, 0.2) is 65.7 Å². The molecular weight excluding hydrogens is 382 g/mol. The first-order valence-corrected chi connectivity index (χ1v) is 10.7. The van der Waals surface area contributed by atoms with Crippen molar-refractivity contribution in [2.45, 2.75) is 13.3 Å². The summed E-state index contributed by atoms with van der Waals surface area (Å²) in [4.78, 5) is 32.8. The van der Waals surface area contributed by atoms with Crippen molar-refractivity contribution in [3.8, 4) is 0 Å². The van der Waals surface area contributed by atoms with Crippen LogP contribution in [0.2, 0.25) is 0 Å². The molecular formula is C23H23N3O2S. The highest BCUT2D eigenvalue weighted by Crippen LogP contribution is 2.26. The number of benzene rings is 2. The van der Waals surface area contributed by atoms with Crippen LogP contribution in [-0.2, 0) is 9.59 Å². The van der Waals surface area contributed by atoms with E-state index in [0.717, 1.165) is 17.7 Å². The van der Waals surface area contributed by atoms with Crippen molar-refractivity contribution in [1.82, 2.24) is 4.90 Å². The monoisotopic (exact) mass is 405 g/mol. The third-order valence-electron chi connectivity index (χ3n) is 5.11. The number of amidine groups is 1. The number of nitrogens with zero attached hydrogens (tertiary/aromatic N) is 3. The van der Waals surface area contributed by atoms with Crippen LogP contribution < -0.4 is 4.90 Å². The predicted octanol–water partition coefficient (Wildman–Crippen LogP) is 3.75. The summed E-state index contributed by atoms with van der Waals surface area (Å²) in [6, 6.07) is 18.1. The van der Waals surface area contributed by atoms with E-state index < -0.39 is 0 Å². The molecule has 148 valence electrons. The van der Waals surface area contributed by atoms with Crippen molar-refractivity contribution in [3.05, 3.63) is 71.8 Å². The lowest BCUT2D eigenvalue weighted by Gasteiger charge is -2.27. The molecule has 0 aliphatic carbocycles. The zero-order valence-electron chi connectivity index (χ0n) is 16.4. The number of anilines is 1. The molecule has 0 fully saturated rings. The molecule has 2 aliphatic heterocycles. The minimum absolute atomic E-state index is 0.0581. The van der Waals surface area contributed by atoms with Crippen LogP contribution in [0.1, 0.15) is 17.5 Å². The first-order valence-electron chi connectivity index (χ1n) is 9.71. The highest BCUT2D eigenvalue weighted by atomic mass is 32.2. The molecule has 2 amide bonds. The lowest BCUT2D eigenvalue weighted by molar-refractivity contribution is -0.127. The second-order valence-corrected chi connectivity index (χ2v) is 8.08. The molecule has 0 saturated carbocycles. The summed E-state index contributed by atoms with van der Waals surface area (Å²) in [5.41, 5.74) is 4.44. The Morgan fingerprint density at radius 1 is 1.10 bits per heavy atom. The van der Waals surface area contributed by atoms with Gasteiger partial charge in [-0.25, -0.2) is 0 Å². The molecule has 0 N–H and O–H groups in total. The van der Waals surface area contributed by atoms with Gasteiger partial charge in [-0.15, -0.1) is 0 Å². The molecule has 0 saturated heterocycles. The fourth-order valence-electron chi connectivity index (χ4n) is 3.47. The van der Waals surface area contributed by atoms with E-state index in [1.807, 2.05) is 54.3 Å². The maximum atomic E-state index is 12.7. The lowest BCUT2D eigenvalue weighted by Crippen LogP contribution is -2.37. The van der Waals surface area contributed by atoms with Gasteiger partial charge in [-0.05, 0) is 36.6 Å². The Labute approximate surface area is 175 Å². The van der Waals surface area contributed by atoms with E-state index in [4.69, 9.17) is 0 Å². The summed E-state index contributed by atoms with van der Waals surface area (Å²) in [7, 11) is 0. The van der Waals surface area contributed by atoms with Crippen LogP contribution in [0.3, 0.4) is 0 Å². The largest absolute Gasteiger partial charge is 0.338 e. The zero-order valence-corrected chi connectivity index (χ0v) is 17.2. The van der Waals surface area contributed by atoms with Gasteiger partial charge in [0.2, 0.25) is 5.91 Å². The number of carbonyl (C=O) groups excluding carboxylic acids is 2. The summed E-state index contributed by atoms with van der Waals surface area (Å²) in [6.07, 6.45) is 2.99. The van der Waals surface area contributed by atoms with Crippen molar-refractivity contribution in [3.63, 3.8) is 0 Å². The van der Waals surface area contributed by atoms with Gasteiger partial charge < -0.3 is 4.90 Å². The van der Waals surface area contributed by atoms with Gasteiger partial charge in [0.1, 0.15) is 6.54 Å². The fraction of sp³-hybridized carbons (Fsp3) is 0.261. The normalized spacial score (nSPS) is 16.7. The maximum absolute atomic E-state index is 12.7. The quantitative estimate of drug-likeness (QED) is 0.779. The van der Waals surface area contributed by atoms with Crippen LogP contribution in [0, 0.1) is 6.92 Å². The standard InChI is InChI=1S/C23H23N3O2S/c1-17-7-9-20(10-8-17)26-21(27)15-24-23(26)29-16-22(28)25-13-11-19(12-14-25)18-5-3-2-4-6-18/h2-11H,12-16H2,1H3. The Bertz CT molecular complexity index is 967. The number of hydrogen-bond acceptors (Lipinski definition) is 4. The minimum atomic E-state index is -0.0581. The van der Waals surface area contributed by atoms with Crippen LogP contribution in [0.25, 0.3) is 5.57 Å². The second kappa shape index (κ2) is 8.66. The summed E-state index contributed by atoms with van der Waals surface area (Å²) < 4.78 is 0. The van der Waals surface area contributed by atoms with Crippen LogP contribution in [0.4, 0.5) is 5.69 Å². The highest BCUT2D eigenvalue weighted by molar-refractivity contribution is 8.14. The van der Waals surface area contributed by atoms with Crippen molar-refractivity contribution < 1.29 is 9.59 Å². The number of aliphatic imine (C=N–C) groups is 1. The predicted molar refractivity (Wildman–Crippen MR) is 119 cm³/mol. The van der Waals surface area contributed by atoms with Crippen LogP contribution >= 0.6 is 11.8 Å². The number of amides is 2. The summed E-state index contributed by atoms with van der Waals surface area (Å²) >= 11 is 1.34. The highest BCUT2D eigenvalue weighted by Gasteiger charge is 2.28. The molecule has 0 aromatic heterocycles. The molecule has 2 aromatic rings. The third kappa shape index (κ3) is 4.43. The Balaban J connectivity index is 1.35. The molecule has 6 heteroatoms. The van der Waals surface area contributed by atoms with Gasteiger partial charge in [0, 0.05) is 13.1 Å². The zero-order chi connectivity index (χ0) is 20.2. The van der Waals surface area contributed by atoms with Gasteiger partial charge in [-0.3, -0.25) is 19.5 Å². The lowest BCUT2D eigenvalue weighted by atomic mass is 10.00. The molecule has 2 aromatic carbocycles. The fourth-order valence-corrected chi connectivity index (χ4v) is 4.40. The number of hydrogen-bond donors (Lipinski definition) is 0. The van der Waals surface area contributed by atoms with E-state index in [0.29, 0.717) is 18.3 Å². The number of carbonyl (C=O) groups is 2. The van der Waals surface area contributed by atoms with E-state index in [1.165, 1.54) is 22.9 Å². The van der Waals surface area contributed by atoms with Crippen LogP contribution in [0.5, 0.6) is 0 Å². The smallest absolute Gasteiger partial charge is 0.254 e. The van der Waals surface area contributed by atoms with Gasteiger partial charge in [-0.2, -0.15) is 0 Å². The Hall–Kier alpha value is -2.86. The SMILES string of the molecule is Cc1ccc(N2C(=O)CN=C2SCC(=O)N2CC=C(c3ccccc3)CC2)cc1. The first kappa shape index (κ1) is 19.5. The maximum Gasteiger partial charge on any atom is 0.254 e. The van der Waals surface area contributed by atoms with E-state index >= 15 is 0 Å². The molecule has 5 nitrogen and oxygen atoms in total. The first-order chi connectivity index (χ1) is 14.1. The molecule has 0 bridgehead atoms. The Morgan fingerprint density at radius 3 is 2.55 bits per heavy atom. The van der Waals surface area contributed by atoms with Gasteiger partial charge in [0.15, 0.2) is 5.17 Å². The van der Waals surface area contributed by atoms with Crippen molar-refractivity contribution in [2.75, 3.05) is 30.3 Å². The molecule has 29 heavy (non-hydrogen) atoms. The number of aryl methyl sites for hydroxylation is 1. The summed E-state index contributed by atoms with van der Waals surface area (Å²) in [5.74, 6) is 0.296. The second-order valence-electron chi connectivity index (χ2n) is 7.14. The van der Waals surface area contributed by atoms with Gasteiger partial charge in [0.25, 0.3) is 5.91 Å². The average Bonchev–Trinajstić information content (AvgIpc) is 3.13. The minimum Gasteiger partial charge on any atom is -0.338 e. The van der Waals surface area contributed by atoms with Crippen molar-refractivity contribution >= 4 is 40.0 Å². The van der Waals surface area contributed by atoms with Crippen molar-refractivity contribution in [1.29, 1.82) is 0 Å². The Kier molecular flexibility index (Phi) is 5.81. The summed E-state index contributed by atoms with van der Waals surface area (Å²) in [5, 5.41) is 0.602. The van der Waals surface area contributed by atoms with Gasteiger partial charge >= 0.3 is 0 Å². The molecule has 0 atom stereocenters.